The van der Waals surface area contributed by atoms with E-state index in [1.807, 2.05) is 32.0 Å². The van der Waals surface area contributed by atoms with E-state index in [1.165, 1.54) is 11.8 Å². The number of nitrogens with zero attached hydrogens (tertiary/aromatic N) is 4. The Kier molecular flexibility index (Phi) is 7.18. The van der Waals surface area contributed by atoms with Crippen LogP contribution in [0.15, 0.2) is 58.9 Å². The molecule has 0 radical (unpaired) electrons. The number of carbonyl (C=O) groups is 2. The van der Waals surface area contributed by atoms with Crippen molar-refractivity contribution in [3.63, 3.8) is 0 Å². The SMILES string of the molecule is CCOC(=O)C1=C(CSc2nnnn2-c2c(C)cccc2C)NC(=O)NC1c1ccc(Cl)cc1. The molecule has 11 heteroatoms. The summed E-state index contributed by atoms with van der Waals surface area (Å²) in [6.45, 7) is 5.92. The van der Waals surface area contributed by atoms with Gasteiger partial charge in [-0.05, 0) is 60.0 Å². The molecule has 3 aromatic rings. The van der Waals surface area contributed by atoms with Crippen molar-refractivity contribution < 1.29 is 14.3 Å². The van der Waals surface area contributed by atoms with Gasteiger partial charge in [0, 0.05) is 16.5 Å². The molecule has 4 rings (SSSR count). The molecule has 1 aliphatic heterocycles. The van der Waals surface area contributed by atoms with Gasteiger partial charge in [0.1, 0.15) is 0 Å². The van der Waals surface area contributed by atoms with Crippen LogP contribution < -0.4 is 10.6 Å². The second-order valence-corrected chi connectivity index (χ2v) is 8.98. The second kappa shape index (κ2) is 10.3. The summed E-state index contributed by atoms with van der Waals surface area (Å²) in [5.41, 5.74) is 4.41. The van der Waals surface area contributed by atoms with Gasteiger partial charge in [-0.2, -0.15) is 4.68 Å². The highest BCUT2D eigenvalue weighted by Crippen LogP contribution is 2.31. The zero-order chi connectivity index (χ0) is 24.2. The van der Waals surface area contributed by atoms with Crippen molar-refractivity contribution >= 4 is 35.4 Å². The van der Waals surface area contributed by atoms with Gasteiger partial charge in [0.05, 0.1) is 23.9 Å². The summed E-state index contributed by atoms with van der Waals surface area (Å²) in [7, 11) is 0. The highest BCUT2D eigenvalue weighted by molar-refractivity contribution is 7.99. The molecule has 176 valence electrons. The molecule has 2 N–H and O–H groups in total. The summed E-state index contributed by atoms with van der Waals surface area (Å²) in [6, 6.07) is 11.8. The summed E-state index contributed by atoms with van der Waals surface area (Å²) in [4.78, 5) is 25.5. The first-order valence-corrected chi connectivity index (χ1v) is 12.0. The summed E-state index contributed by atoms with van der Waals surface area (Å²) in [5.74, 6) is -0.267. The molecule has 1 aromatic heterocycles. The molecule has 2 aromatic carbocycles. The zero-order valence-corrected chi connectivity index (χ0v) is 20.4. The van der Waals surface area contributed by atoms with E-state index in [1.54, 1.807) is 35.9 Å². The molecule has 0 fully saturated rings. The minimum Gasteiger partial charge on any atom is -0.463 e. The van der Waals surface area contributed by atoms with Crippen LogP contribution in [0.1, 0.15) is 29.7 Å². The maximum atomic E-state index is 13.0. The van der Waals surface area contributed by atoms with E-state index in [0.29, 0.717) is 27.0 Å². The van der Waals surface area contributed by atoms with Crippen molar-refractivity contribution in [2.45, 2.75) is 32.0 Å². The van der Waals surface area contributed by atoms with Crippen LogP contribution in [0.2, 0.25) is 5.02 Å². The number of halogens is 1. The van der Waals surface area contributed by atoms with Gasteiger partial charge in [0.25, 0.3) is 0 Å². The van der Waals surface area contributed by atoms with E-state index < -0.39 is 18.0 Å². The Hall–Kier alpha value is -3.37. The predicted molar refractivity (Wildman–Crippen MR) is 129 cm³/mol. The fourth-order valence-electron chi connectivity index (χ4n) is 3.77. The molecular formula is C23H23ClN6O3S. The number of aryl methyl sites for hydroxylation is 2. The van der Waals surface area contributed by atoms with Crippen LogP contribution in [-0.2, 0) is 9.53 Å². The van der Waals surface area contributed by atoms with E-state index in [9.17, 15) is 9.59 Å². The van der Waals surface area contributed by atoms with E-state index in [4.69, 9.17) is 16.3 Å². The smallest absolute Gasteiger partial charge is 0.338 e. The van der Waals surface area contributed by atoms with Crippen molar-refractivity contribution in [2.24, 2.45) is 0 Å². The van der Waals surface area contributed by atoms with Gasteiger partial charge < -0.3 is 15.4 Å². The molecule has 0 aliphatic carbocycles. The number of amides is 2. The summed E-state index contributed by atoms with van der Waals surface area (Å²) >= 11 is 7.33. The van der Waals surface area contributed by atoms with Crippen molar-refractivity contribution in [1.29, 1.82) is 0 Å². The number of hydrogen-bond donors (Lipinski definition) is 2. The molecule has 2 heterocycles. The molecule has 0 saturated heterocycles. The van der Waals surface area contributed by atoms with Crippen molar-refractivity contribution in [3.05, 3.63) is 75.4 Å². The number of rotatable bonds is 7. The molecule has 0 bridgehead atoms. The average molecular weight is 499 g/mol. The molecule has 9 nitrogen and oxygen atoms in total. The first-order chi connectivity index (χ1) is 16.4. The Morgan fingerprint density at radius 2 is 1.88 bits per heavy atom. The number of thioether (sulfide) groups is 1. The Morgan fingerprint density at radius 1 is 1.18 bits per heavy atom. The number of nitrogens with one attached hydrogen (secondary N) is 2. The monoisotopic (exact) mass is 498 g/mol. The molecule has 0 spiro atoms. The fourth-order valence-corrected chi connectivity index (χ4v) is 4.74. The maximum Gasteiger partial charge on any atom is 0.338 e. The predicted octanol–water partition coefficient (Wildman–Crippen LogP) is 3.90. The third-order valence-corrected chi connectivity index (χ3v) is 6.49. The number of carbonyl (C=O) groups excluding carboxylic acids is 2. The molecular weight excluding hydrogens is 476 g/mol. The number of urea groups is 1. The van der Waals surface area contributed by atoms with Crippen LogP contribution in [0, 0.1) is 13.8 Å². The van der Waals surface area contributed by atoms with Crippen molar-refractivity contribution in [3.8, 4) is 5.69 Å². The van der Waals surface area contributed by atoms with Crippen LogP contribution >= 0.6 is 23.4 Å². The van der Waals surface area contributed by atoms with Crippen molar-refractivity contribution in [2.75, 3.05) is 12.4 Å². The fraction of sp³-hybridized carbons (Fsp3) is 0.261. The zero-order valence-electron chi connectivity index (χ0n) is 18.8. The quantitative estimate of drug-likeness (QED) is 0.375. The lowest BCUT2D eigenvalue weighted by Gasteiger charge is -2.29. The number of tetrazole rings is 1. The van der Waals surface area contributed by atoms with E-state index in [2.05, 4.69) is 26.2 Å². The first kappa shape index (κ1) is 23.8. The summed E-state index contributed by atoms with van der Waals surface area (Å²) in [5, 5.41) is 18.8. The van der Waals surface area contributed by atoms with Crippen LogP contribution in [0.25, 0.3) is 5.69 Å². The normalized spacial score (nSPS) is 15.6. The van der Waals surface area contributed by atoms with Gasteiger partial charge in [-0.25, -0.2) is 9.59 Å². The number of ether oxygens (including phenoxy) is 1. The Bertz CT molecular complexity index is 1240. The van der Waals surface area contributed by atoms with Gasteiger partial charge in [0.15, 0.2) is 0 Å². The van der Waals surface area contributed by atoms with Gasteiger partial charge in [0.2, 0.25) is 5.16 Å². The summed E-state index contributed by atoms with van der Waals surface area (Å²) < 4.78 is 6.98. The second-order valence-electron chi connectivity index (χ2n) is 7.60. The highest BCUT2D eigenvalue weighted by Gasteiger charge is 2.34. The van der Waals surface area contributed by atoms with Crippen molar-refractivity contribution in [1.82, 2.24) is 30.8 Å². The molecule has 1 aliphatic rings. The Labute approximate surface area is 205 Å². The van der Waals surface area contributed by atoms with Gasteiger partial charge in [-0.15, -0.1) is 5.10 Å². The Morgan fingerprint density at radius 3 is 2.56 bits per heavy atom. The Balaban J connectivity index is 1.69. The third kappa shape index (κ3) is 4.92. The number of benzene rings is 2. The maximum absolute atomic E-state index is 13.0. The number of hydrogen-bond acceptors (Lipinski definition) is 7. The summed E-state index contributed by atoms with van der Waals surface area (Å²) in [6.07, 6.45) is 0. The van der Waals surface area contributed by atoms with Crippen LogP contribution in [-0.4, -0.2) is 44.6 Å². The minimum absolute atomic E-state index is 0.203. The lowest BCUT2D eigenvalue weighted by molar-refractivity contribution is -0.139. The molecule has 2 amide bonds. The lowest BCUT2D eigenvalue weighted by Crippen LogP contribution is -2.46. The molecule has 0 saturated carbocycles. The molecule has 1 atom stereocenters. The van der Waals surface area contributed by atoms with Gasteiger partial charge in [-0.1, -0.05) is 53.7 Å². The molecule has 1 unspecified atom stereocenters. The van der Waals surface area contributed by atoms with Gasteiger partial charge >= 0.3 is 12.0 Å². The topological polar surface area (TPSA) is 111 Å². The first-order valence-electron chi connectivity index (χ1n) is 10.6. The van der Waals surface area contributed by atoms with E-state index in [0.717, 1.165) is 16.8 Å². The van der Waals surface area contributed by atoms with Crippen LogP contribution in [0.4, 0.5) is 4.79 Å². The van der Waals surface area contributed by atoms with E-state index in [-0.39, 0.29) is 12.4 Å². The molecule has 34 heavy (non-hydrogen) atoms. The third-order valence-electron chi connectivity index (χ3n) is 5.29. The largest absolute Gasteiger partial charge is 0.463 e. The van der Waals surface area contributed by atoms with Gasteiger partial charge in [-0.3, -0.25) is 0 Å². The van der Waals surface area contributed by atoms with E-state index >= 15 is 0 Å². The minimum atomic E-state index is -0.685. The lowest BCUT2D eigenvalue weighted by atomic mass is 9.95. The average Bonchev–Trinajstić information content (AvgIpc) is 3.26. The number of aromatic nitrogens is 4. The highest BCUT2D eigenvalue weighted by atomic mass is 35.5. The number of esters is 1. The number of para-hydroxylation sites is 1. The van der Waals surface area contributed by atoms with Crippen LogP contribution in [0.5, 0.6) is 0 Å². The van der Waals surface area contributed by atoms with Crippen LogP contribution in [0.3, 0.4) is 0 Å². The standard InChI is InChI=1S/C23H23ClN6O3S/c1-4-33-21(31)18-17(25-22(32)26-19(18)15-8-10-16(24)11-9-15)12-34-23-27-28-29-30(23)20-13(2)6-5-7-14(20)3/h5-11,19H,4,12H2,1-3H3,(H2,25,26,32).